The standard InChI is InChI=1S/C16H26N2/c1-12-7-8-14(13(2)11-12)9-10-18(3)16-6-4-5-15(16)17/h7-8,11,15-16H,4-6,9-10,17H2,1-3H3. The van der Waals surface area contributed by atoms with Crippen LogP contribution in [-0.4, -0.2) is 30.6 Å². The second-order valence-electron chi connectivity index (χ2n) is 5.82. The monoisotopic (exact) mass is 246 g/mol. The van der Waals surface area contributed by atoms with E-state index in [0.717, 1.165) is 13.0 Å². The van der Waals surface area contributed by atoms with Crippen molar-refractivity contribution in [2.24, 2.45) is 5.73 Å². The molecule has 18 heavy (non-hydrogen) atoms. The Morgan fingerprint density at radius 2 is 2.06 bits per heavy atom. The van der Waals surface area contributed by atoms with E-state index in [1.807, 2.05) is 0 Å². The van der Waals surface area contributed by atoms with Gasteiger partial charge < -0.3 is 10.6 Å². The first-order valence-electron chi connectivity index (χ1n) is 7.10. The number of likely N-dealkylation sites (N-methyl/N-ethyl adjacent to an activating group) is 1. The van der Waals surface area contributed by atoms with Crippen LogP contribution >= 0.6 is 0 Å². The van der Waals surface area contributed by atoms with Gasteiger partial charge in [0.25, 0.3) is 0 Å². The summed E-state index contributed by atoms with van der Waals surface area (Å²) in [6, 6.07) is 7.73. The molecule has 0 aromatic heterocycles. The summed E-state index contributed by atoms with van der Waals surface area (Å²) < 4.78 is 0. The number of nitrogens with two attached hydrogens (primary N) is 1. The van der Waals surface area contributed by atoms with Crippen molar-refractivity contribution >= 4 is 0 Å². The van der Waals surface area contributed by atoms with Gasteiger partial charge >= 0.3 is 0 Å². The van der Waals surface area contributed by atoms with Gasteiger partial charge in [-0.15, -0.1) is 0 Å². The van der Waals surface area contributed by atoms with Crippen molar-refractivity contribution in [3.05, 3.63) is 34.9 Å². The Morgan fingerprint density at radius 3 is 2.67 bits per heavy atom. The zero-order valence-corrected chi connectivity index (χ0v) is 11.9. The summed E-state index contributed by atoms with van der Waals surface area (Å²) in [5, 5.41) is 0. The number of nitrogens with zero attached hydrogens (tertiary/aromatic N) is 1. The van der Waals surface area contributed by atoms with Crippen LogP contribution in [0.25, 0.3) is 0 Å². The van der Waals surface area contributed by atoms with E-state index in [4.69, 9.17) is 5.73 Å². The lowest BCUT2D eigenvalue weighted by Gasteiger charge is -2.27. The lowest BCUT2D eigenvalue weighted by Crippen LogP contribution is -2.43. The third kappa shape index (κ3) is 3.12. The maximum Gasteiger partial charge on any atom is 0.0244 e. The van der Waals surface area contributed by atoms with E-state index in [9.17, 15) is 0 Å². The molecule has 0 heterocycles. The smallest absolute Gasteiger partial charge is 0.0244 e. The average molecular weight is 246 g/mol. The highest BCUT2D eigenvalue weighted by atomic mass is 15.1. The second kappa shape index (κ2) is 5.85. The molecule has 0 amide bonds. The van der Waals surface area contributed by atoms with Crippen molar-refractivity contribution in [2.45, 2.75) is 51.6 Å². The summed E-state index contributed by atoms with van der Waals surface area (Å²) in [4.78, 5) is 2.46. The van der Waals surface area contributed by atoms with Crippen molar-refractivity contribution in [2.75, 3.05) is 13.6 Å². The molecule has 2 unspecified atom stereocenters. The molecule has 1 aliphatic carbocycles. The van der Waals surface area contributed by atoms with Crippen molar-refractivity contribution in [3.63, 3.8) is 0 Å². The Balaban J connectivity index is 1.90. The SMILES string of the molecule is Cc1ccc(CCN(C)C2CCCC2N)c(C)c1. The number of benzene rings is 1. The van der Waals surface area contributed by atoms with Crippen LogP contribution < -0.4 is 5.73 Å². The Hall–Kier alpha value is -0.860. The van der Waals surface area contributed by atoms with Gasteiger partial charge in [-0.2, -0.15) is 0 Å². The Bertz CT molecular complexity index is 400. The normalized spacial score (nSPS) is 23.8. The molecule has 0 saturated heterocycles. The van der Waals surface area contributed by atoms with Gasteiger partial charge in [0.05, 0.1) is 0 Å². The van der Waals surface area contributed by atoms with Crippen LogP contribution in [0, 0.1) is 13.8 Å². The zero-order valence-electron chi connectivity index (χ0n) is 11.9. The van der Waals surface area contributed by atoms with Crippen molar-refractivity contribution in [1.82, 2.24) is 4.90 Å². The Labute approximate surface area is 111 Å². The summed E-state index contributed by atoms with van der Waals surface area (Å²) in [5.74, 6) is 0. The first-order chi connectivity index (χ1) is 8.58. The van der Waals surface area contributed by atoms with Crippen LogP contribution in [0.15, 0.2) is 18.2 Å². The molecule has 2 nitrogen and oxygen atoms in total. The molecule has 1 fully saturated rings. The highest BCUT2D eigenvalue weighted by Gasteiger charge is 2.26. The molecule has 0 radical (unpaired) electrons. The summed E-state index contributed by atoms with van der Waals surface area (Å²) in [6.07, 6.45) is 4.88. The van der Waals surface area contributed by atoms with Gasteiger partial charge in [0, 0.05) is 18.6 Å². The number of hydrogen-bond acceptors (Lipinski definition) is 2. The number of hydrogen-bond donors (Lipinski definition) is 1. The molecule has 0 aliphatic heterocycles. The van der Waals surface area contributed by atoms with Gasteiger partial charge in [-0.25, -0.2) is 0 Å². The first kappa shape index (κ1) is 13.6. The molecule has 2 rings (SSSR count). The topological polar surface area (TPSA) is 29.3 Å². The fraction of sp³-hybridized carbons (Fsp3) is 0.625. The summed E-state index contributed by atoms with van der Waals surface area (Å²) >= 11 is 0. The molecule has 1 aromatic carbocycles. The molecule has 2 heteroatoms. The maximum atomic E-state index is 6.16. The third-order valence-corrected chi connectivity index (χ3v) is 4.33. The maximum absolute atomic E-state index is 6.16. The van der Waals surface area contributed by atoms with E-state index in [0.29, 0.717) is 12.1 Å². The van der Waals surface area contributed by atoms with Gasteiger partial charge in [-0.3, -0.25) is 0 Å². The van der Waals surface area contributed by atoms with Crippen molar-refractivity contribution in [1.29, 1.82) is 0 Å². The fourth-order valence-electron chi connectivity index (χ4n) is 3.11. The van der Waals surface area contributed by atoms with E-state index in [1.165, 1.54) is 36.0 Å². The molecule has 0 spiro atoms. The van der Waals surface area contributed by atoms with E-state index < -0.39 is 0 Å². The lowest BCUT2D eigenvalue weighted by atomic mass is 10.0. The van der Waals surface area contributed by atoms with Crippen molar-refractivity contribution < 1.29 is 0 Å². The Kier molecular flexibility index (Phi) is 4.41. The molecule has 1 aliphatic rings. The van der Waals surface area contributed by atoms with Gasteiger partial charge in [0.1, 0.15) is 0 Å². The predicted octanol–water partition coefficient (Wildman–Crippen LogP) is 2.66. The average Bonchev–Trinajstić information content (AvgIpc) is 2.74. The van der Waals surface area contributed by atoms with Crippen LogP contribution in [0.4, 0.5) is 0 Å². The Morgan fingerprint density at radius 1 is 1.28 bits per heavy atom. The lowest BCUT2D eigenvalue weighted by molar-refractivity contribution is 0.231. The van der Waals surface area contributed by atoms with Crippen LogP contribution in [0.3, 0.4) is 0 Å². The van der Waals surface area contributed by atoms with Crippen LogP contribution in [-0.2, 0) is 6.42 Å². The fourth-order valence-corrected chi connectivity index (χ4v) is 3.11. The van der Waals surface area contributed by atoms with Gasteiger partial charge in [0.2, 0.25) is 0 Å². The number of aryl methyl sites for hydroxylation is 2. The highest BCUT2D eigenvalue weighted by Crippen LogP contribution is 2.22. The highest BCUT2D eigenvalue weighted by molar-refractivity contribution is 5.30. The quantitative estimate of drug-likeness (QED) is 0.885. The molecular weight excluding hydrogens is 220 g/mol. The number of rotatable bonds is 4. The van der Waals surface area contributed by atoms with Crippen LogP contribution in [0.2, 0.25) is 0 Å². The van der Waals surface area contributed by atoms with E-state index >= 15 is 0 Å². The van der Waals surface area contributed by atoms with E-state index in [1.54, 1.807) is 0 Å². The third-order valence-electron chi connectivity index (χ3n) is 4.33. The largest absolute Gasteiger partial charge is 0.326 e. The molecule has 0 bridgehead atoms. The van der Waals surface area contributed by atoms with Gasteiger partial charge in [-0.05, 0) is 51.3 Å². The molecule has 1 saturated carbocycles. The van der Waals surface area contributed by atoms with Crippen LogP contribution in [0.5, 0.6) is 0 Å². The van der Waals surface area contributed by atoms with Gasteiger partial charge in [-0.1, -0.05) is 30.2 Å². The molecule has 1 aromatic rings. The van der Waals surface area contributed by atoms with E-state index in [2.05, 4.69) is 44.0 Å². The summed E-state index contributed by atoms with van der Waals surface area (Å²) in [5.41, 5.74) is 10.4. The first-order valence-corrected chi connectivity index (χ1v) is 7.10. The molecule has 100 valence electrons. The van der Waals surface area contributed by atoms with Crippen LogP contribution in [0.1, 0.15) is 36.0 Å². The minimum Gasteiger partial charge on any atom is -0.326 e. The zero-order chi connectivity index (χ0) is 13.1. The summed E-state index contributed by atoms with van der Waals surface area (Å²) in [7, 11) is 2.22. The summed E-state index contributed by atoms with van der Waals surface area (Å²) in [6.45, 7) is 5.48. The minimum atomic E-state index is 0.383. The molecule has 2 atom stereocenters. The second-order valence-corrected chi connectivity index (χ2v) is 5.82. The molecule has 2 N–H and O–H groups in total. The van der Waals surface area contributed by atoms with Crippen molar-refractivity contribution in [3.8, 4) is 0 Å². The molecular formula is C16H26N2. The van der Waals surface area contributed by atoms with E-state index in [-0.39, 0.29) is 0 Å². The predicted molar refractivity (Wildman–Crippen MR) is 77.9 cm³/mol. The van der Waals surface area contributed by atoms with Gasteiger partial charge in [0.15, 0.2) is 0 Å². The minimum absolute atomic E-state index is 0.383.